The number of fused-ring (bicyclic) bond motifs is 1. The third-order valence-electron chi connectivity index (χ3n) is 3.57. The third kappa shape index (κ3) is 2.14. The van der Waals surface area contributed by atoms with E-state index in [-0.39, 0.29) is 0 Å². The summed E-state index contributed by atoms with van der Waals surface area (Å²) in [7, 11) is 0. The fourth-order valence-electron chi connectivity index (χ4n) is 2.23. The zero-order valence-corrected chi connectivity index (χ0v) is 12.4. The molecule has 20 heavy (non-hydrogen) atoms. The minimum absolute atomic E-state index is 0.462. The number of halogens is 1. The second kappa shape index (κ2) is 4.84. The maximum atomic E-state index is 6.00. The van der Waals surface area contributed by atoms with Crippen LogP contribution in [0.2, 0.25) is 5.15 Å². The van der Waals surface area contributed by atoms with Gasteiger partial charge < -0.3 is 0 Å². The Bertz CT molecular complexity index is 812. The number of hydrogen-bond donors (Lipinski definition) is 0. The van der Waals surface area contributed by atoms with Crippen molar-refractivity contribution in [1.82, 2.24) is 15.2 Å². The van der Waals surface area contributed by atoms with Gasteiger partial charge in [0.25, 0.3) is 0 Å². The van der Waals surface area contributed by atoms with Crippen LogP contribution in [0.5, 0.6) is 0 Å². The topological polar surface area (TPSA) is 38.7 Å². The first-order chi connectivity index (χ1) is 9.56. The standard InChI is InChI=1S/C16H14ClN3/c1-9-4-5-12-8-13(6-7-14(12)18-9)15-10(2)11(3)16(17)20-19-15/h4-8H,1-3H3. The van der Waals surface area contributed by atoms with E-state index in [1.54, 1.807) is 0 Å². The van der Waals surface area contributed by atoms with Gasteiger partial charge in [0.1, 0.15) is 0 Å². The Morgan fingerprint density at radius 1 is 0.900 bits per heavy atom. The van der Waals surface area contributed by atoms with Crippen LogP contribution in [0, 0.1) is 20.8 Å². The minimum atomic E-state index is 0.462. The molecule has 0 amide bonds. The van der Waals surface area contributed by atoms with Crippen molar-refractivity contribution in [1.29, 1.82) is 0 Å². The molecule has 0 radical (unpaired) electrons. The molecular weight excluding hydrogens is 270 g/mol. The molecule has 4 heteroatoms. The second-order valence-corrected chi connectivity index (χ2v) is 5.31. The Hall–Kier alpha value is -2.00. The first-order valence-electron chi connectivity index (χ1n) is 6.43. The molecule has 0 saturated carbocycles. The van der Waals surface area contributed by atoms with E-state index in [1.165, 1.54) is 0 Å². The highest BCUT2D eigenvalue weighted by atomic mass is 35.5. The number of aromatic nitrogens is 3. The predicted octanol–water partition coefficient (Wildman–Crippen LogP) is 4.27. The van der Waals surface area contributed by atoms with Gasteiger partial charge in [-0.25, -0.2) is 0 Å². The molecule has 0 aliphatic heterocycles. The van der Waals surface area contributed by atoms with Gasteiger partial charge >= 0.3 is 0 Å². The van der Waals surface area contributed by atoms with Crippen LogP contribution in [0.15, 0.2) is 30.3 Å². The Kier molecular flexibility index (Phi) is 3.14. The average molecular weight is 284 g/mol. The number of pyridine rings is 1. The second-order valence-electron chi connectivity index (χ2n) is 4.95. The van der Waals surface area contributed by atoms with Gasteiger partial charge in [-0.2, -0.15) is 0 Å². The summed E-state index contributed by atoms with van der Waals surface area (Å²) in [4.78, 5) is 4.51. The van der Waals surface area contributed by atoms with E-state index in [4.69, 9.17) is 11.6 Å². The lowest BCUT2D eigenvalue weighted by atomic mass is 10.0. The smallest absolute Gasteiger partial charge is 0.154 e. The van der Waals surface area contributed by atoms with Gasteiger partial charge in [-0.05, 0) is 50.1 Å². The molecule has 0 saturated heterocycles. The number of hydrogen-bond acceptors (Lipinski definition) is 3. The summed E-state index contributed by atoms with van der Waals surface area (Å²) in [5, 5.41) is 9.80. The fourth-order valence-corrected chi connectivity index (χ4v) is 2.40. The molecule has 0 aliphatic carbocycles. The molecule has 0 fully saturated rings. The maximum Gasteiger partial charge on any atom is 0.154 e. The minimum Gasteiger partial charge on any atom is -0.253 e. The molecule has 0 bridgehead atoms. The first kappa shape index (κ1) is 13.0. The lowest BCUT2D eigenvalue weighted by Gasteiger charge is -2.09. The normalized spacial score (nSPS) is 11.0. The highest BCUT2D eigenvalue weighted by molar-refractivity contribution is 6.30. The van der Waals surface area contributed by atoms with Gasteiger partial charge in [0.15, 0.2) is 5.15 Å². The van der Waals surface area contributed by atoms with Crippen LogP contribution >= 0.6 is 11.6 Å². The summed E-state index contributed by atoms with van der Waals surface area (Å²) in [5.41, 5.74) is 5.94. The molecule has 0 N–H and O–H groups in total. The monoisotopic (exact) mass is 283 g/mol. The van der Waals surface area contributed by atoms with E-state index in [9.17, 15) is 0 Å². The molecule has 0 atom stereocenters. The van der Waals surface area contributed by atoms with Gasteiger partial charge in [-0.3, -0.25) is 4.98 Å². The lowest BCUT2D eigenvalue weighted by Crippen LogP contribution is -1.96. The van der Waals surface area contributed by atoms with E-state index < -0.39 is 0 Å². The molecule has 3 rings (SSSR count). The van der Waals surface area contributed by atoms with Crippen molar-refractivity contribution >= 4 is 22.5 Å². The molecule has 0 aliphatic rings. The molecule has 100 valence electrons. The van der Waals surface area contributed by atoms with E-state index in [2.05, 4.69) is 27.3 Å². The van der Waals surface area contributed by atoms with Crippen LogP contribution < -0.4 is 0 Å². The average Bonchev–Trinajstić information content (AvgIpc) is 2.44. The summed E-state index contributed by atoms with van der Waals surface area (Å²) >= 11 is 6.00. The summed E-state index contributed by atoms with van der Waals surface area (Å²) in [6.45, 7) is 5.97. The molecular formula is C16H14ClN3. The number of benzene rings is 1. The highest BCUT2D eigenvalue weighted by Crippen LogP contribution is 2.27. The Balaban J connectivity index is 2.20. The zero-order valence-electron chi connectivity index (χ0n) is 11.6. The van der Waals surface area contributed by atoms with Crippen LogP contribution in [-0.2, 0) is 0 Å². The lowest BCUT2D eigenvalue weighted by molar-refractivity contribution is 1.00. The summed E-state index contributed by atoms with van der Waals surface area (Å²) < 4.78 is 0. The summed E-state index contributed by atoms with van der Waals surface area (Å²) in [6.07, 6.45) is 0. The Labute approximate surface area is 122 Å². The van der Waals surface area contributed by atoms with Crippen LogP contribution in [-0.4, -0.2) is 15.2 Å². The van der Waals surface area contributed by atoms with Crippen LogP contribution in [0.4, 0.5) is 0 Å². The van der Waals surface area contributed by atoms with E-state index in [0.717, 1.165) is 39.0 Å². The van der Waals surface area contributed by atoms with E-state index >= 15 is 0 Å². The van der Waals surface area contributed by atoms with Crippen LogP contribution in [0.25, 0.3) is 22.2 Å². The van der Waals surface area contributed by atoms with Crippen molar-refractivity contribution in [2.24, 2.45) is 0 Å². The first-order valence-corrected chi connectivity index (χ1v) is 6.81. The van der Waals surface area contributed by atoms with Crippen molar-refractivity contribution in [2.45, 2.75) is 20.8 Å². The quantitative estimate of drug-likeness (QED) is 0.669. The molecule has 2 aromatic heterocycles. The zero-order chi connectivity index (χ0) is 14.3. The molecule has 2 heterocycles. The van der Waals surface area contributed by atoms with Gasteiger partial charge in [-0.1, -0.05) is 23.7 Å². The number of nitrogens with zero attached hydrogens (tertiary/aromatic N) is 3. The van der Waals surface area contributed by atoms with Crippen molar-refractivity contribution in [3.63, 3.8) is 0 Å². The SMILES string of the molecule is Cc1ccc2cc(-c3nnc(Cl)c(C)c3C)ccc2n1. The van der Waals surface area contributed by atoms with Gasteiger partial charge in [0, 0.05) is 16.6 Å². The van der Waals surface area contributed by atoms with E-state index in [1.807, 2.05) is 39.0 Å². The van der Waals surface area contributed by atoms with Crippen LogP contribution in [0.3, 0.4) is 0 Å². The van der Waals surface area contributed by atoms with Crippen LogP contribution in [0.1, 0.15) is 16.8 Å². The van der Waals surface area contributed by atoms with Crippen molar-refractivity contribution < 1.29 is 0 Å². The molecule has 3 aromatic rings. The van der Waals surface area contributed by atoms with Crippen molar-refractivity contribution in [3.8, 4) is 11.3 Å². The van der Waals surface area contributed by atoms with Crippen molar-refractivity contribution in [3.05, 3.63) is 52.3 Å². The third-order valence-corrected chi connectivity index (χ3v) is 3.93. The molecule has 1 aromatic carbocycles. The van der Waals surface area contributed by atoms with Crippen molar-refractivity contribution in [2.75, 3.05) is 0 Å². The maximum absolute atomic E-state index is 6.00. The summed E-state index contributed by atoms with van der Waals surface area (Å²) in [6, 6.07) is 10.2. The van der Waals surface area contributed by atoms with Gasteiger partial charge in [-0.15, -0.1) is 10.2 Å². The van der Waals surface area contributed by atoms with Gasteiger partial charge in [0.05, 0.1) is 11.2 Å². The highest BCUT2D eigenvalue weighted by Gasteiger charge is 2.10. The fraction of sp³-hybridized carbons (Fsp3) is 0.188. The molecule has 0 unspecified atom stereocenters. The largest absolute Gasteiger partial charge is 0.253 e. The number of aryl methyl sites for hydroxylation is 1. The number of rotatable bonds is 1. The summed E-state index contributed by atoms with van der Waals surface area (Å²) in [5.74, 6) is 0. The van der Waals surface area contributed by atoms with Gasteiger partial charge in [0.2, 0.25) is 0 Å². The molecule has 3 nitrogen and oxygen atoms in total. The Morgan fingerprint density at radius 2 is 1.70 bits per heavy atom. The predicted molar refractivity (Wildman–Crippen MR) is 82.0 cm³/mol. The van der Waals surface area contributed by atoms with E-state index in [0.29, 0.717) is 5.15 Å². The molecule has 0 spiro atoms. The Morgan fingerprint density at radius 3 is 2.50 bits per heavy atom.